The Morgan fingerprint density at radius 3 is 2.47 bits per heavy atom. The van der Waals surface area contributed by atoms with E-state index in [1.807, 2.05) is 0 Å². The largest absolute Gasteiger partial charge is 0.323 e. The van der Waals surface area contributed by atoms with Crippen molar-refractivity contribution in [2.45, 2.75) is 40.2 Å². The van der Waals surface area contributed by atoms with Gasteiger partial charge in [0.1, 0.15) is 0 Å². The molecule has 0 spiro atoms. The monoisotopic (exact) mass is 289 g/mol. The summed E-state index contributed by atoms with van der Waals surface area (Å²) >= 11 is 5.28. The van der Waals surface area contributed by atoms with Crippen molar-refractivity contribution in [2.75, 3.05) is 0 Å². The molecule has 0 amide bonds. The summed E-state index contributed by atoms with van der Waals surface area (Å²) in [7, 11) is 0. The van der Waals surface area contributed by atoms with Crippen LogP contribution < -0.4 is 5.73 Å². The van der Waals surface area contributed by atoms with Gasteiger partial charge in [-0.05, 0) is 45.1 Å². The Morgan fingerprint density at radius 1 is 1.47 bits per heavy atom. The lowest BCUT2D eigenvalue weighted by Gasteiger charge is -2.29. The van der Waals surface area contributed by atoms with E-state index in [9.17, 15) is 0 Å². The van der Waals surface area contributed by atoms with Crippen LogP contribution >= 0.6 is 27.3 Å². The minimum atomic E-state index is 0.161. The summed E-state index contributed by atoms with van der Waals surface area (Å²) in [5.74, 6) is 0.626. The Kier molecular flexibility index (Phi) is 4.38. The van der Waals surface area contributed by atoms with Crippen molar-refractivity contribution in [2.24, 2.45) is 17.1 Å². The minimum absolute atomic E-state index is 0.161. The van der Waals surface area contributed by atoms with Gasteiger partial charge in [-0.3, -0.25) is 0 Å². The van der Waals surface area contributed by atoms with Gasteiger partial charge in [0.2, 0.25) is 0 Å². The summed E-state index contributed by atoms with van der Waals surface area (Å²) in [5, 5.41) is 2.08. The molecule has 0 radical (unpaired) electrons. The number of halogens is 1. The second-order valence-electron chi connectivity index (χ2n) is 5.24. The standard InChI is InChI=1S/C12H20BrNS/c1-8(12(2,3)4)7-10(14)11-9(13)5-6-15-11/h5-6,8,10H,7,14H2,1-4H3. The topological polar surface area (TPSA) is 26.0 Å². The van der Waals surface area contributed by atoms with Gasteiger partial charge < -0.3 is 5.73 Å². The summed E-state index contributed by atoms with van der Waals surface area (Å²) in [6.07, 6.45) is 1.04. The average Bonchev–Trinajstić information content (AvgIpc) is 2.49. The fourth-order valence-corrected chi connectivity index (χ4v) is 3.10. The Balaban J connectivity index is 2.64. The van der Waals surface area contributed by atoms with E-state index in [2.05, 4.69) is 55.1 Å². The molecule has 1 aromatic rings. The summed E-state index contributed by atoms with van der Waals surface area (Å²) in [6, 6.07) is 2.23. The molecular weight excluding hydrogens is 270 g/mol. The first-order valence-corrected chi connectivity index (χ1v) is 6.98. The summed E-state index contributed by atoms with van der Waals surface area (Å²) in [6.45, 7) is 9.09. The molecule has 0 aromatic carbocycles. The molecule has 3 heteroatoms. The smallest absolute Gasteiger partial charge is 0.0403 e. The maximum Gasteiger partial charge on any atom is 0.0403 e. The van der Waals surface area contributed by atoms with Crippen molar-refractivity contribution < 1.29 is 0 Å². The number of nitrogens with two attached hydrogens (primary N) is 1. The first kappa shape index (κ1) is 13.2. The summed E-state index contributed by atoms with van der Waals surface area (Å²) in [4.78, 5) is 1.27. The van der Waals surface area contributed by atoms with Gasteiger partial charge in [-0.25, -0.2) is 0 Å². The van der Waals surface area contributed by atoms with Gasteiger partial charge in [0.05, 0.1) is 0 Å². The molecule has 0 saturated carbocycles. The van der Waals surface area contributed by atoms with Gasteiger partial charge in [0.15, 0.2) is 0 Å². The maximum absolute atomic E-state index is 6.22. The summed E-state index contributed by atoms with van der Waals surface area (Å²) in [5.41, 5.74) is 6.55. The van der Waals surface area contributed by atoms with Crippen molar-refractivity contribution >= 4 is 27.3 Å². The molecule has 0 aliphatic rings. The summed E-state index contributed by atoms with van der Waals surface area (Å²) < 4.78 is 1.15. The van der Waals surface area contributed by atoms with E-state index in [1.165, 1.54) is 4.88 Å². The molecule has 2 N–H and O–H groups in total. The van der Waals surface area contributed by atoms with E-state index in [0.29, 0.717) is 11.3 Å². The SMILES string of the molecule is CC(CC(N)c1sccc1Br)C(C)(C)C. The number of rotatable bonds is 3. The predicted molar refractivity (Wildman–Crippen MR) is 72.2 cm³/mol. The second kappa shape index (κ2) is 4.98. The molecule has 0 bridgehead atoms. The maximum atomic E-state index is 6.22. The highest BCUT2D eigenvalue weighted by molar-refractivity contribution is 9.10. The highest BCUT2D eigenvalue weighted by atomic mass is 79.9. The zero-order valence-electron chi connectivity index (χ0n) is 9.88. The number of hydrogen-bond acceptors (Lipinski definition) is 2. The minimum Gasteiger partial charge on any atom is -0.323 e. The lowest BCUT2D eigenvalue weighted by molar-refractivity contribution is 0.234. The Hall–Kier alpha value is 0.140. The Labute approximate surface area is 105 Å². The molecule has 1 rings (SSSR count). The molecule has 0 aliphatic carbocycles. The molecule has 1 nitrogen and oxygen atoms in total. The third-order valence-electron chi connectivity index (χ3n) is 3.07. The van der Waals surface area contributed by atoms with Crippen LogP contribution in [0.1, 0.15) is 45.0 Å². The van der Waals surface area contributed by atoms with E-state index < -0.39 is 0 Å². The highest BCUT2D eigenvalue weighted by Crippen LogP contribution is 2.36. The average molecular weight is 290 g/mol. The van der Waals surface area contributed by atoms with E-state index in [1.54, 1.807) is 11.3 Å². The molecule has 1 heterocycles. The van der Waals surface area contributed by atoms with Gasteiger partial charge in [0, 0.05) is 15.4 Å². The quantitative estimate of drug-likeness (QED) is 0.866. The van der Waals surface area contributed by atoms with E-state index in [4.69, 9.17) is 5.73 Å². The van der Waals surface area contributed by atoms with E-state index in [0.717, 1.165) is 10.9 Å². The van der Waals surface area contributed by atoms with Crippen LogP contribution in [0.3, 0.4) is 0 Å². The van der Waals surface area contributed by atoms with Crippen molar-refractivity contribution in [3.05, 3.63) is 20.8 Å². The Morgan fingerprint density at radius 2 is 2.07 bits per heavy atom. The normalized spacial score (nSPS) is 16.4. The fraction of sp³-hybridized carbons (Fsp3) is 0.667. The Bertz CT molecular complexity index is 314. The first-order chi connectivity index (χ1) is 6.82. The number of thiophene rings is 1. The van der Waals surface area contributed by atoms with Crippen LogP contribution in [0.2, 0.25) is 0 Å². The zero-order chi connectivity index (χ0) is 11.6. The van der Waals surface area contributed by atoms with Gasteiger partial charge >= 0.3 is 0 Å². The third kappa shape index (κ3) is 3.58. The molecule has 2 unspecified atom stereocenters. The first-order valence-electron chi connectivity index (χ1n) is 5.31. The predicted octanol–water partition coefficient (Wildman–Crippen LogP) is 4.58. The van der Waals surface area contributed by atoms with Crippen molar-refractivity contribution in [1.82, 2.24) is 0 Å². The van der Waals surface area contributed by atoms with Crippen LogP contribution in [0.4, 0.5) is 0 Å². The van der Waals surface area contributed by atoms with Gasteiger partial charge in [-0.15, -0.1) is 11.3 Å². The van der Waals surface area contributed by atoms with Crippen molar-refractivity contribution in [3.8, 4) is 0 Å². The van der Waals surface area contributed by atoms with E-state index >= 15 is 0 Å². The van der Waals surface area contributed by atoms with Gasteiger partial charge in [-0.2, -0.15) is 0 Å². The molecule has 2 atom stereocenters. The molecule has 15 heavy (non-hydrogen) atoms. The third-order valence-corrected chi connectivity index (χ3v) is 5.07. The van der Waals surface area contributed by atoms with Crippen molar-refractivity contribution in [3.63, 3.8) is 0 Å². The second-order valence-corrected chi connectivity index (χ2v) is 7.04. The number of hydrogen-bond donors (Lipinski definition) is 1. The molecular formula is C12H20BrNS. The lowest BCUT2D eigenvalue weighted by Crippen LogP contribution is -2.22. The molecule has 1 aromatic heterocycles. The fourth-order valence-electron chi connectivity index (χ4n) is 1.41. The van der Waals surface area contributed by atoms with Gasteiger partial charge in [-0.1, -0.05) is 27.7 Å². The zero-order valence-corrected chi connectivity index (χ0v) is 12.3. The van der Waals surface area contributed by atoms with Crippen LogP contribution in [-0.4, -0.2) is 0 Å². The molecule has 0 fully saturated rings. The van der Waals surface area contributed by atoms with Crippen molar-refractivity contribution in [1.29, 1.82) is 0 Å². The van der Waals surface area contributed by atoms with Crippen LogP contribution in [0.25, 0.3) is 0 Å². The molecule has 0 saturated heterocycles. The lowest BCUT2D eigenvalue weighted by atomic mass is 9.78. The highest BCUT2D eigenvalue weighted by Gasteiger charge is 2.23. The van der Waals surface area contributed by atoms with Crippen LogP contribution in [0.5, 0.6) is 0 Å². The molecule has 86 valence electrons. The molecule has 0 aliphatic heterocycles. The van der Waals surface area contributed by atoms with Crippen LogP contribution in [0.15, 0.2) is 15.9 Å². The van der Waals surface area contributed by atoms with Gasteiger partial charge in [0.25, 0.3) is 0 Å². The van der Waals surface area contributed by atoms with Crippen LogP contribution in [0, 0.1) is 11.3 Å². The van der Waals surface area contributed by atoms with E-state index in [-0.39, 0.29) is 6.04 Å². The van der Waals surface area contributed by atoms with Crippen LogP contribution in [-0.2, 0) is 0 Å².